The molecule has 0 saturated heterocycles. The molecule has 3 heteroatoms. The van der Waals surface area contributed by atoms with Crippen molar-refractivity contribution in [2.24, 2.45) is 0 Å². The molecule has 17 heavy (non-hydrogen) atoms. The predicted octanol–water partition coefficient (Wildman–Crippen LogP) is 2.23. The fourth-order valence-corrected chi connectivity index (χ4v) is 1.30. The zero-order valence-corrected chi connectivity index (χ0v) is 10.6. The lowest BCUT2D eigenvalue weighted by Crippen LogP contribution is -2.19. The van der Waals surface area contributed by atoms with Crippen LogP contribution >= 0.6 is 0 Å². The largest absolute Gasteiger partial charge is 0.492 e. The summed E-state index contributed by atoms with van der Waals surface area (Å²) in [6.07, 6.45) is 2.69. The van der Waals surface area contributed by atoms with E-state index in [1.54, 1.807) is 6.92 Å². The molecular formula is C14H19NO2. The number of nitrogens with zero attached hydrogens (tertiary/aromatic N) is 1. The average Bonchev–Trinajstić information content (AvgIpc) is 2.31. The molecule has 0 spiro atoms. The molecule has 0 bridgehead atoms. The fraction of sp³-hybridized carbons (Fsp3) is 0.357. The molecule has 0 fully saturated rings. The third-order valence-corrected chi connectivity index (χ3v) is 2.27. The summed E-state index contributed by atoms with van der Waals surface area (Å²) in [5.74, 6) is 0.854. The van der Waals surface area contributed by atoms with Crippen molar-refractivity contribution in [1.82, 2.24) is 4.90 Å². The Kier molecular flexibility index (Phi) is 5.43. The van der Waals surface area contributed by atoms with Gasteiger partial charge in [-0.1, -0.05) is 12.1 Å². The van der Waals surface area contributed by atoms with Gasteiger partial charge in [0, 0.05) is 6.54 Å². The van der Waals surface area contributed by atoms with Crippen molar-refractivity contribution in [2.45, 2.75) is 6.92 Å². The van der Waals surface area contributed by atoms with Gasteiger partial charge in [-0.2, -0.15) is 0 Å². The second kappa shape index (κ2) is 6.86. The van der Waals surface area contributed by atoms with Crippen molar-refractivity contribution < 1.29 is 9.53 Å². The Morgan fingerprint density at radius 2 is 1.94 bits per heavy atom. The molecule has 1 aromatic rings. The highest BCUT2D eigenvalue weighted by atomic mass is 16.5. The summed E-state index contributed by atoms with van der Waals surface area (Å²) in [7, 11) is 4.03. The Balaban J connectivity index is 2.53. The first-order chi connectivity index (χ1) is 8.11. The van der Waals surface area contributed by atoms with E-state index in [2.05, 4.69) is 4.90 Å². The Hall–Kier alpha value is -1.61. The highest BCUT2D eigenvalue weighted by Gasteiger charge is 1.95. The van der Waals surface area contributed by atoms with Crippen LogP contribution in [0.1, 0.15) is 12.5 Å². The van der Waals surface area contributed by atoms with Gasteiger partial charge in [-0.3, -0.25) is 4.79 Å². The first-order valence-electron chi connectivity index (χ1n) is 5.63. The molecule has 0 atom stereocenters. The van der Waals surface area contributed by atoms with E-state index in [1.165, 1.54) is 0 Å². The van der Waals surface area contributed by atoms with Gasteiger partial charge < -0.3 is 9.64 Å². The minimum Gasteiger partial charge on any atom is -0.492 e. The lowest BCUT2D eigenvalue weighted by atomic mass is 10.1. The third kappa shape index (κ3) is 5.31. The van der Waals surface area contributed by atoms with Gasteiger partial charge in [0.1, 0.15) is 18.6 Å². The summed E-state index contributed by atoms with van der Waals surface area (Å²) in [6, 6.07) is 7.72. The van der Waals surface area contributed by atoms with Gasteiger partial charge in [0.2, 0.25) is 0 Å². The molecule has 0 aromatic heterocycles. The van der Waals surface area contributed by atoms with Gasteiger partial charge in [0.05, 0.1) is 0 Å². The Labute approximate surface area is 103 Å². The molecule has 0 amide bonds. The second-order valence-corrected chi connectivity index (χ2v) is 4.23. The number of carbonyl (C=O) groups is 1. The first-order valence-corrected chi connectivity index (χ1v) is 5.63. The highest BCUT2D eigenvalue weighted by Crippen LogP contribution is 2.14. The summed E-state index contributed by atoms with van der Waals surface area (Å²) in [6.45, 7) is 3.36. The summed E-state index contributed by atoms with van der Waals surface area (Å²) >= 11 is 0. The molecule has 0 aliphatic carbocycles. The number of likely N-dealkylation sites (N-methyl/N-ethyl adjacent to an activating group) is 1. The smallest absolute Gasteiger partial charge is 0.145 e. The van der Waals surface area contributed by atoms with Crippen LogP contribution in [0.2, 0.25) is 0 Å². The van der Waals surface area contributed by atoms with E-state index in [-0.39, 0.29) is 0 Å². The SMILES string of the molecule is CC(C=O)=Cc1ccc(OCCN(C)C)cc1. The quantitative estimate of drug-likeness (QED) is 0.557. The minimum atomic E-state index is 0.676. The molecule has 1 aromatic carbocycles. The molecule has 1 rings (SSSR count). The van der Waals surface area contributed by atoms with Crippen LogP contribution in [0.15, 0.2) is 29.8 Å². The molecule has 0 aliphatic rings. The molecule has 0 N–H and O–H groups in total. The van der Waals surface area contributed by atoms with Crippen LogP contribution in [0.25, 0.3) is 6.08 Å². The molecule has 0 radical (unpaired) electrons. The van der Waals surface area contributed by atoms with Gasteiger partial charge in [-0.05, 0) is 50.4 Å². The van der Waals surface area contributed by atoms with E-state index < -0.39 is 0 Å². The third-order valence-electron chi connectivity index (χ3n) is 2.27. The maximum atomic E-state index is 10.5. The number of benzene rings is 1. The number of rotatable bonds is 6. The lowest BCUT2D eigenvalue weighted by molar-refractivity contribution is -0.104. The van der Waals surface area contributed by atoms with Gasteiger partial charge in [-0.25, -0.2) is 0 Å². The molecule has 92 valence electrons. The number of hydrogen-bond acceptors (Lipinski definition) is 3. The Morgan fingerprint density at radius 3 is 2.47 bits per heavy atom. The molecular weight excluding hydrogens is 214 g/mol. The zero-order chi connectivity index (χ0) is 12.7. The second-order valence-electron chi connectivity index (χ2n) is 4.23. The van der Waals surface area contributed by atoms with Crippen LogP contribution in [-0.4, -0.2) is 38.4 Å². The van der Waals surface area contributed by atoms with Gasteiger partial charge in [0.15, 0.2) is 0 Å². The van der Waals surface area contributed by atoms with Crippen LogP contribution in [0, 0.1) is 0 Å². The minimum absolute atomic E-state index is 0.676. The summed E-state index contributed by atoms with van der Waals surface area (Å²) in [4.78, 5) is 12.6. The van der Waals surface area contributed by atoms with Crippen LogP contribution in [0.4, 0.5) is 0 Å². The number of hydrogen-bond donors (Lipinski definition) is 0. The van der Waals surface area contributed by atoms with E-state index in [0.717, 1.165) is 24.1 Å². The summed E-state index contributed by atoms with van der Waals surface area (Å²) < 4.78 is 5.57. The van der Waals surface area contributed by atoms with E-state index in [4.69, 9.17) is 4.74 Å². The number of ether oxygens (including phenoxy) is 1. The van der Waals surface area contributed by atoms with Crippen molar-refractivity contribution in [2.75, 3.05) is 27.2 Å². The molecule has 0 heterocycles. The molecule has 0 saturated carbocycles. The van der Waals surface area contributed by atoms with E-state index in [1.807, 2.05) is 44.4 Å². The van der Waals surface area contributed by atoms with Gasteiger partial charge >= 0.3 is 0 Å². The Morgan fingerprint density at radius 1 is 1.29 bits per heavy atom. The molecule has 3 nitrogen and oxygen atoms in total. The van der Waals surface area contributed by atoms with Crippen molar-refractivity contribution in [3.63, 3.8) is 0 Å². The monoisotopic (exact) mass is 233 g/mol. The number of carbonyl (C=O) groups excluding carboxylic acids is 1. The van der Waals surface area contributed by atoms with Crippen LogP contribution in [0.3, 0.4) is 0 Å². The fourth-order valence-electron chi connectivity index (χ4n) is 1.30. The van der Waals surface area contributed by atoms with E-state index >= 15 is 0 Å². The van der Waals surface area contributed by atoms with E-state index in [9.17, 15) is 4.79 Å². The maximum Gasteiger partial charge on any atom is 0.145 e. The van der Waals surface area contributed by atoms with Crippen molar-refractivity contribution in [3.8, 4) is 5.75 Å². The normalized spacial score (nSPS) is 11.6. The van der Waals surface area contributed by atoms with E-state index in [0.29, 0.717) is 12.2 Å². The Bertz CT molecular complexity index is 380. The van der Waals surface area contributed by atoms with Crippen LogP contribution in [-0.2, 0) is 4.79 Å². The predicted molar refractivity (Wildman–Crippen MR) is 70.2 cm³/mol. The number of aldehydes is 1. The van der Waals surface area contributed by atoms with Crippen LogP contribution in [0.5, 0.6) is 5.75 Å². The maximum absolute atomic E-state index is 10.5. The summed E-state index contributed by atoms with van der Waals surface area (Å²) in [5.41, 5.74) is 1.72. The van der Waals surface area contributed by atoms with Gasteiger partial charge in [-0.15, -0.1) is 0 Å². The standard InChI is InChI=1S/C14H19NO2/c1-12(11-16)10-13-4-6-14(7-5-13)17-9-8-15(2)3/h4-7,10-11H,8-9H2,1-3H3. The van der Waals surface area contributed by atoms with Crippen molar-refractivity contribution in [3.05, 3.63) is 35.4 Å². The topological polar surface area (TPSA) is 29.5 Å². The van der Waals surface area contributed by atoms with Crippen molar-refractivity contribution in [1.29, 1.82) is 0 Å². The van der Waals surface area contributed by atoms with Crippen LogP contribution < -0.4 is 4.74 Å². The first kappa shape index (κ1) is 13.5. The van der Waals surface area contributed by atoms with Gasteiger partial charge in [0.25, 0.3) is 0 Å². The van der Waals surface area contributed by atoms with Crippen molar-refractivity contribution >= 4 is 12.4 Å². The average molecular weight is 233 g/mol. The summed E-state index contributed by atoms with van der Waals surface area (Å²) in [5, 5.41) is 0. The number of allylic oxidation sites excluding steroid dienone is 1. The lowest BCUT2D eigenvalue weighted by Gasteiger charge is -2.10. The molecule has 0 unspecified atom stereocenters. The highest BCUT2D eigenvalue weighted by molar-refractivity contribution is 5.80. The zero-order valence-electron chi connectivity index (χ0n) is 10.6. The molecule has 0 aliphatic heterocycles.